The Kier molecular flexibility index (Phi) is 3.33. The number of rotatable bonds is 1. The third-order valence-corrected chi connectivity index (χ3v) is 4.60. The van der Waals surface area contributed by atoms with Crippen molar-refractivity contribution in [1.29, 1.82) is 5.26 Å². The molecular formula is C20H15N3O2. The first-order valence-corrected chi connectivity index (χ1v) is 7.87. The largest absolute Gasteiger partial charge is 0.439 e. The Bertz CT molecular complexity index is 1120. The van der Waals surface area contributed by atoms with Gasteiger partial charge in [0, 0.05) is 12.4 Å². The molecule has 3 aromatic rings. The SMILES string of the molecule is Cn1c(=O)c2c(c3ccccc31)OC(N)=C(C#N)C2c1ccccc1. The predicted molar refractivity (Wildman–Crippen MR) is 94.9 cm³/mol. The van der Waals surface area contributed by atoms with Crippen molar-refractivity contribution >= 4 is 10.9 Å². The second kappa shape index (κ2) is 5.53. The van der Waals surface area contributed by atoms with Gasteiger partial charge in [-0.3, -0.25) is 4.79 Å². The van der Waals surface area contributed by atoms with Crippen molar-refractivity contribution in [3.63, 3.8) is 0 Å². The van der Waals surface area contributed by atoms with Crippen LogP contribution in [0.3, 0.4) is 0 Å². The second-order valence-electron chi connectivity index (χ2n) is 5.96. The van der Waals surface area contributed by atoms with E-state index in [1.54, 1.807) is 11.6 Å². The normalized spacial score (nSPS) is 16.2. The molecule has 0 saturated carbocycles. The number of benzene rings is 2. The molecular weight excluding hydrogens is 314 g/mol. The minimum absolute atomic E-state index is 0.0438. The van der Waals surface area contributed by atoms with E-state index in [0.29, 0.717) is 11.3 Å². The van der Waals surface area contributed by atoms with E-state index in [2.05, 4.69) is 6.07 Å². The molecule has 5 heteroatoms. The molecule has 4 rings (SSSR count). The summed E-state index contributed by atoms with van der Waals surface area (Å²) in [6.07, 6.45) is 0. The van der Waals surface area contributed by atoms with Gasteiger partial charge in [0.05, 0.1) is 17.0 Å². The molecule has 1 aromatic heterocycles. The summed E-state index contributed by atoms with van der Waals surface area (Å²) >= 11 is 0. The highest BCUT2D eigenvalue weighted by Crippen LogP contribution is 2.43. The fraction of sp³-hybridized carbons (Fsp3) is 0.100. The predicted octanol–water partition coefficient (Wildman–Crippen LogP) is 2.76. The van der Waals surface area contributed by atoms with Gasteiger partial charge in [-0.2, -0.15) is 5.26 Å². The van der Waals surface area contributed by atoms with E-state index in [-0.39, 0.29) is 17.0 Å². The Morgan fingerprint density at radius 1 is 1.12 bits per heavy atom. The number of fused-ring (bicyclic) bond motifs is 3. The van der Waals surface area contributed by atoms with E-state index >= 15 is 0 Å². The number of para-hydroxylation sites is 1. The highest BCUT2D eigenvalue weighted by Gasteiger charge is 2.34. The molecule has 25 heavy (non-hydrogen) atoms. The molecule has 1 unspecified atom stereocenters. The Morgan fingerprint density at radius 3 is 2.52 bits per heavy atom. The molecule has 0 fully saturated rings. The van der Waals surface area contributed by atoms with E-state index in [1.807, 2.05) is 54.6 Å². The van der Waals surface area contributed by atoms with Crippen molar-refractivity contribution in [2.24, 2.45) is 12.8 Å². The van der Waals surface area contributed by atoms with E-state index in [4.69, 9.17) is 10.5 Å². The highest BCUT2D eigenvalue weighted by molar-refractivity contribution is 5.88. The summed E-state index contributed by atoms with van der Waals surface area (Å²) in [4.78, 5) is 13.1. The van der Waals surface area contributed by atoms with Crippen LogP contribution in [0.15, 0.2) is 70.8 Å². The van der Waals surface area contributed by atoms with Crippen LogP contribution < -0.4 is 16.0 Å². The summed E-state index contributed by atoms with van der Waals surface area (Å²) in [5.41, 5.74) is 8.13. The van der Waals surface area contributed by atoms with Crippen LogP contribution >= 0.6 is 0 Å². The molecule has 2 heterocycles. The number of nitrogens with zero attached hydrogens (tertiary/aromatic N) is 2. The monoisotopic (exact) mass is 329 g/mol. The van der Waals surface area contributed by atoms with Crippen LogP contribution in [0.2, 0.25) is 0 Å². The molecule has 0 amide bonds. The van der Waals surface area contributed by atoms with E-state index < -0.39 is 5.92 Å². The van der Waals surface area contributed by atoms with Crippen LogP contribution in [0, 0.1) is 11.3 Å². The second-order valence-corrected chi connectivity index (χ2v) is 5.96. The number of hydrogen-bond acceptors (Lipinski definition) is 4. The summed E-state index contributed by atoms with van der Waals surface area (Å²) in [7, 11) is 1.72. The van der Waals surface area contributed by atoms with Gasteiger partial charge in [0.25, 0.3) is 5.56 Å². The first-order valence-electron chi connectivity index (χ1n) is 7.87. The zero-order chi connectivity index (χ0) is 17.6. The summed E-state index contributed by atoms with van der Waals surface area (Å²) in [5.74, 6) is -0.0652. The van der Waals surface area contributed by atoms with Crippen LogP contribution in [-0.2, 0) is 7.05 Å². The van der Waals surface area contributed by atoms with Crippen molar-refractivity contribution in [1.82, 2.24) is 4.57 Å². The zero-order valence-electron chi connectivity index (χ0n) is 13.6. The van der Waals surface area contributed by atoms with Gasteiger partial charge >= 0.3 is 0 Å². The number of hydrogen-bond donors (Lipinski definition) is 1. The molecule has 0 bridgehead atoms. The summed E-state index contributed by atoms with van der Waals surface area (Å²) < 4.78 is 7.34. The number of allylic oxidation sites excluding steroid dienone is 1. The van der Waals surface area contributed by atoms with E-state index in [0.717, 1.165) is 16.5 Å². The summed E-state index contributed by atoms with van der Waals surface area (Å²) in [6, 6.07) is 19.0. The van der Waals surface area contributed by atoms with Gasteiger partial charge in [-0.25, -0.2) is 0 Å². The summed E-state index contributed by atoms with van der Waals surface area (Å²) in [6.45, 7) is 0. The number of aromatic nitrogens is 1. The van der Waals surface area contributed by atoms with Gasteiger partial charge in [0.2, 0.25) is 5.88 Å². The summed E-state index contributed by atoms with van der Waals surface area (Å²) in [5, 5.41) is 10.4. The van der Waals surface area contributed by atoms with Crippen LogP contribution in [0.1, 0.15) is 17.0 Å². The van der Waals surface area contributed by atoms with Crippen molar-refractivity contribution < 1.29 is 4.74 Å². The number of aryl methyl sites for hydroxylation is 1. The van der Waals surface area contributed by atoms with Crippen molar-refractivity contribution in [3.05, 3.63) is 87.5 Å². The average molecular weight is 329 g/mol. The molecule has 1 aliphatic heterocycles. The van der Waals surface area contributed by atoms with Gasteiger partial charge in [0.15, 0.2) is 0 Å². The van der Waals surface area contributed by atoms with Crippen LogP contribution in [0.4, 0.5) is 0 Å². The average Bonchev–Trinajstić information content (AvgIpc) is 2.66. The molecule has 2 aromatic carbocycles. The van der Waals surface area contributed by atoms with Gasteiger partial charge in [0.1, 0.15) is 17.4 Å². The lowest BCUT2D eigenvalue weighted by molar-refractivity contribution is 0.396. The molecule has 122 valence electrons. The molecule has 2 N–H and O–H groups in total. The van der Waals surface area contributed by atoms with Crippen LogP contribution in [0.25, 0.3) is 10.9 Å². The van der Waals surface area contributed by atoms with E-state index in [9.17, 15) is 10.1 Å². The molecule has 0 spiro atoms. The smallest absolute Gasteiger partial charge is 0.258 e. The standard InChI is InChI=1S/C20H15N3O2/c1-23-15-10-6-5-9-13(15)18-17(20(23)24)16(12-7-3-2-4-8-12)14(11-21)19(22)25-18/h2-10,16H,22H2,1H3. The topological polar surface area (TPSA) is 81.0 Å². The number of nitrogens with two attached hydrogens (primary N) is 1. The van der Waals surface area contributed by atoms with Crippen molar-refractivity contribution in [2.45, 2.75) is 5.92 Å². The minimum atomic E-state index is -0.543. The fourth-order valence-corrected chi connectivity index (χ4v) is 3.40. The number of ether oxygens (including phenoxy) is 1. The van der Waals surface area contributed by atoms with Gasteiger partial charge in [-0.15, -0.1) is 0 Å². The molecule has 5 nitrogen and oxygen atoms in total. The molecule has 1 aliphatic rings. The Hall–Kier alpha value is -3.52. The first-order chi connectivity index (χ1) is 12.1. The maximum atomic E-state index is 13.1. The molecule has 1 atom stereocenters. The number of pyridine rings is 1. The number of nitriles is 1. The quantitative estimate of drug-likeness (QED) is 0.744. The Balaban J connectivity index is 2.15. The van der Waals surface area contributed by atoms with Crippen LogP contribution in [-0.4, -0.2) is 4.57 Å². The van der Waals surface area contributed by atoms with Crippen molar-refractivity contribution in [3.8, 4) is 11.8 Å². The third kappa shape index (κ3) is 2.12. The lowest BCUT2D eigenvalue weighted by Gasteiger charge is -2.27. The Labute approximate surface area is 144 Å². The lowest BCUT2D eigenvalue weighted by Crippen LogP contribution is -2.31. The third-order valence-electron chi connectivity index (χ3n) is 4.60. The molecule has 0 saturated heterocycles. The maximum absolute atomic E-state index is 13.1. The molecule has 0 radical (unpaired) electrons. The van der Waals surface area contributed by atoms with Gasteiger partial charge < -0.3 is 15.0 Å². The van der Waals surface area contributed by atoms with Gasteiger partial charge in [-0.05, 0) is 17.7 Å². The lowest BCUT2D eigenvalue weighted by atomic mass is 9.83. The Morgan fingerprint density at radius 2 is 1.80 bits per heavy atom. The fourth-order valence-electron chi connectivity index (χ4n) is 3.40. The maximum Gasteiger partial charge on any atom is 0.258 e. The zero-order valence-corrected chi connectivity index (χ0v) is 13.6. The van der Waals surface area contributed by atoms with Gasteiger partial charge in [-0.1, -0.05) is 42.5 Å². The highest BCUT2D eigenvalue weighted by atomic mass is 16.5. The van der Waals surface area contributed by atoms with Crippen molar-refractivity contribution in [2.75, 3.05) is 0 Å². The van der Waals surface area contributed by atoms with E-state index in [1.165, 1.54) is 0 Å². The van der Waals surface area contributed by atoms with Crippen LogP contribution in [0.5, 0.6) is 5.75 Å². The minimum Gasteiger partial charge on any atom is -0.439 e. The first kappa shape index (κ1) is 15.0. The molecule has 0 aliphatic carbocycles.